The largest absolute Gasteiger partial charge is 0.462 e. The Hall–Kier alpha value is -0.570. The molecule has 0 aromatic heterocycles. The second kappa shape index (κ2) is 4.30. The van der Waals surface area contributed by atoms with Crippen LogP contribution in [0.2, 0.25) is 0 Å². The summed E-state index contributed by atoms with van der Waals surface area (Å²) in [7, 11) is 0. The van der Waals surface area contributed by atoms with E-state index >= 15 is 0 Å². The Morgan fingerprint density at radius 2 is 2.14 bits per heavy atom. The third kappa shape index (κ3) is 2.08. The minimum Gasteiger partial charge on any atom is -0.462 e. The fourth-order valence-electron chi connectivity index (χ4n) is 2.85. The van der Waals surface area contributed by atoms with Gasteiger partial charge in [-0.25, -0.2) is 0 Å². The first-order chi connectivity index (χ1) is 6.77. The summed E-state index contributed by atoms with van der Waals surface area (Å²) in [6, 6.07) is 0.599. The molecule has 1 N–H and O–H groups in total. The average Bonchev–Trinajstić information content (AvgIpc) is 2.18. The van der Waals surface area contributed by atoms with Gasteiger partial charge in [-0.15, -0.1) is 0 Å². The summed E-state index contributed by atoms with van der Waals surface area (Å²) in [6.45, 7) is 2.65. The van der Waals surface area contributed by atoms with Crippen LogP contribution in [0.4, 0.5) is 0 Å². The van der Waals surface area contributed by atoms with E-state index in [0.29, 0.717) is 12.0 Å². The molecule has 2 aliphatic rings. The molecule has 0 bridgehead atoms. The topological polar surface area (TPSA) is 38.3 Å². The standard InChI is InChI=1S/C11H19NO2/c1-8(13)14-11-6-2-5-10-9(11)4-3-7-12-10/h9-12H,2-7H2,1H3/t9-,10-,11-/m1/s1. The molecule has 0 unspecified atom stereocenters. The summed E-state index contributed by atoms with van der Waals surface area (Å²) in [4.78, 5) is 10.9. The van der Waals surface area contributed by atoms with Crippen LogP contribution in [-0.4, -0.2) is 24.7 Å². The molecule has 1 heterocycles. The van der Waals surface area contributed by atoms with Crippen molar-refractivity contribution in [2.75, 3.05) is 6.54 Å². The molecule has 3 atom stereocenters. The van der Waals surface area contributed by atoms with Gasteiger partial charge < -0.3 is 10.1 Å². The van der Waals surface area contributed by atoms with Gasteiger partial charge in [-0.1, -0.05) is 0 Å². The molecule has 1 saturated carbocycles. The van der Waals surface area contributed by atoms with Gasteiger partial charge in [0.2, 0.25) is 0 Å². The molecule has 2 rings (SSSR count). The summed E-state index contributed by atoms with van der Waals surface area (Å²) in [5, 5.41) is 3.53. The summed E-state index contributed by atoms with van der Waals surface area (Å²) in [5.74, 6) is 0.447. The summed E-state index contributed by atoms with van der Waals surface area (Å²) >= 11 is 0. The number of ether oxygens (including phenoxy) is 1. The first kappa shape index (κ1) is 9.97. The first-order valence-corrected chi connectivity index (χ1v) is 5.68. The Labute approximate surface area is 85.2 Å². The van der Waals surface area contributed by atoms with Gasteiger partial charge in [-0.05, 0) is 38.6 Å². The van der Waals surface area contributed by atoms with Crippen LogP contribution >= 0.6 is 0 Å². The van der Waals surface area contributed by atoms with E-state index in [1.165, 1.54) is 32.6 Å². The van der Waals surface area contributed by atoms with Crippen molar-refractivity contribution < 1.29 is 9.53 Å². The van der Waals surface area contributed by atoms with E-state index in [4.69, 9.17) is 4.74 Å². The van der Waals surface area contributed by atoms with Crippen molar-refractivity contribution in [2.24, 2.45) is 5.92 Å². The van der Waals surface area contributed by atoms with Gasteiger partial charge >= 0.3 is 5.97 Å². The van der Waals surface area contributed by atoms with Crippen LogP contribution in [0.15, 0.2) is 0 Å². The van der Waals surface area contributed by atoms with Crippen molar-refractivity contribution in [1.29, 1.82) is 0 Å². The van der Waals surface area contributed by atoms with Gasteiger partial charge in [0.15, 0.2) is 0 Å². The van der Waals surface area contributed by atoms with Crippen molar-refractivity contribution in [3.8, 4) is 0 Å². The van der Waals surface area contributed by atoms with Crippen LogP contribution in [-0.2, 0) is 9.53 Å². The van der Waals surface area contributed by atoms with Crippen LogP contribution in [0.5, 0.6) is 0 Å². The molecule has 3 heteroatoms. The molecule has 0 aromatic carbocycles. The number of hydrogen-bond acceptors (Lipinski definition) is 3. The number of esters is 1. The third-order valence-corrected chi connectivity index (χ3v) is 3.44. The smallest absolute Gasteiger partial charge is 0.302 e. The summed E-state index contributed by atoms with van der Waals surface area (Å²) < 4.78 is 5.38. The zero-order chi connectivity index (χ0) is 9.97. The number of carbonyl (C=O) groups is 1. The number of fused-ring (bicyclic) bond motifs is 1. The van der Waals surface area contributed by atoms with Crippen molar-refractivity contribution >= 4 is 5.97 Å². The first-order valence-electron chi connectivity index (χ1n) is 5.68. The highest BCUT2D eigenvalue weighted by Crippen LogP contribution is 2.32. The molecule has 0 radical (unpaired) electrons. The Bertz CT molecular complexity index is 215. The van der Waals surface area contributed by atoms with Crippen LogP contribution in [0.3, 0.4) is 0 Å². The van der Waals surface area contributed by atoms with Gasteiger partial charge in [0.05, 0.1) is 0 Å². The molecule has 0 amide bonds. The third-order valence-electron chi connectivity index (χ3n) is 3.44. The van der Waals surface area contributed by atoms with E-state index in [2.05, 4.69) is 5.32 Å². The van der Waals surface area contributed by atoms with E-state index in [9.17, 15) is 4.79 Å². The highest BCUT2D eigenvalue weighted by atomic mass is 16.5. The van der Waals surface area contributed by atoms with Crippen LogP contribution in [0, 0.1) is 5.92 Å². The van der Waals surface area contributed by atoms with Crippen molar-refractivity contribution in [3.05, 3.63) is 0 Å². The number of hydrogen-bond donors (Lipinski definition) is 1. The Morgan fingerprint density at radius 3 is 2.93 bits per heavy atom. The highest BCUT2D eigenvalue weighted by Gasteiger charge is 2.36. The monoisotopic (exact) mass is 197 g/mol. The van der Waals surface area contributed by atoms with E-state index in [1.54, 1.807) is 0 Å². The Morgan fingerprint density at radius 1 is 1.29 bits per heavy atom. The Kier molecular flexibility index (Phi) is 3.06. The molecule has 3 nitrogen and oxygen atoms in total. The quantitative estimate of drug-likeness (QED) is 0.647. The maximum Gasteiger partial charge on any atom is 0.302 e. The molecule has 2 fully saturated rings. The van der Waals surface area contributed by atoms with Crippen LogP contribution in [0.25, 0.3) is 0 Å². The van der Waals surface area contributed by atoms with E-state index in [-0.39, 0.29) is 12.1 Å². The second-order valence-corrected chi connectivity index (χ2v) is 4.45. The zero-order valence-electron chi connectivity index (χ0n) is 8.79. The predicted molar refractivity (Wildman–Crippen MR) is 53.9 cm³/mol. The number of piperidine rings is 1. The lowest BCUT2D eigenvalue weighted by Gasteiger charge is -2.41. The number of rotatable bonds is 1. The molecule has 1 aliphatic carbocycles. The summed E-state index contributed by atoms with van der Waals surface area (Å²) in [5.41, 5.74) is 0. The van der Waals surface area contributed by atoms with Crippen molar-refractivity contribution in [2.45, 2.75) is 51.2 Å². The van der Waals surface area contributed by atoms with Gasteiger partial charge in [0.25, 0.3) is 0 Å². The Balaban J connectivity index is 1.97. The van der Waals surface area contributed by atoms with Gasteiger partial charge in [0.1, 0.15) is 6.10 Å². The van der Waals surface area contributed by atoms with Crippen LogP contribution in [0.1, 0.15) is 39.0 Å². The summed E-state index contributed by atoms with van der Waals surface area (Å²) in [6.07, 6.45) is 6.12. The fourth-order valence-corrected chi connectivity index (χ4v) is 2.85. The second-order valence-electron chi connectivity index (χ2n) is 4.45. The molecule has 14 heavy (non-hydrogen) atoms. The fraction of sp³-hybridized carbons (Fsp3) is 0.909. The van der Waals surface area contributed by atoms with Gasteiger partial charge in [0, 0.05) is 18.9 Å². The molecule has 1 aliphatic heterocycles. The number of nitrogens with one attached hydrogen (secondary N) is 1. The molecule has 80 valence electrons. The van der Waals surface area contributed by atoms with Gasteiger partial charge in [-0.2, -0.15) is 0 Å². The van der Waals surface area contributed by atoms with Gasteiger partial charge in [-0.3, -0.25) is 4.79 Å². The number of carbonyl (C=O) groups excluding carboxylic acids is 1. The minimum absolute atomic E-state index is 0.124. The normalized spacial score (nSPS) is 37.4. The van der Waals surface area contributed by atoms with E-state index in [1.807, 2.05) is 0 Å². The van der Waals surface area contributed by atoms with Crippen LogP contribution < -0.4 is 5.32 Å². The maximum atomic E-state index is 10.9. The highest BCUT2D eigenvalue weighted by molar-refractivity contribution is 5.66. The average molecular weight is 197 g/mol. The maximum absolute atomic E-state index is 10.9. The lowest BCUT2D eigenvalue weighted by Crippen LogP contribution is -2.49. The minimum atomic E-state index is -0.124. The lowest BCUT2D eigenvalue weighted by atomic mass is 9.77. The molecular weight excluding hydrogens is 178 g/mol. The lowest BCUT2D eigenvalue weighted by molar-refractivity contribution is -0.152. The predicted octanol–water partition coefficient (Wildman–Crippen LogP) is 1.47. The SMILES string of the molecule is CC(=O)O[C@@H]1CCC[C@H]2NCCC[C@H]21. The van der Waals surface area contributed by atoms with Crippen molar-refractivity contribution in [1.82, 2.24) is 5.32 Å². The molecule has 0 spiro atoms. The molecule has 0 aromatic rings. The molecule has 1 saturated heterocycles. The van der Waals surface area contributed by atoms with E-state index in [0.717, 1.165) is 13.0 Å². The zero-order valence-corrected chi connectivity index (χ0v) is 8.79. The van der Waals surface area contributed by atoms with Crippen molar-refractivity contribution in [3.63, 3.8) is 0 Å². The van der Waals surface area contributed by atoms with E-state index < -0.39 is 0 Å². The molecular formula is C11H19NO2.